The second-order valence-corrected chi connectivity index (χ2v) is 11.9. The average Bonchev–Trinajstić information content (AvgIpc) is 2.95. The molecular weight excluding hydrogens is 486 g/mol. The van der Waals surface area contributed by atoms with Crippen LogP contribution < -0.4 is 0 Å². The van der Waals surface area contributed by atoms with Gasteiger partial charge in [-0.3, -0.25) is 0 Å². The van der Waals surface area contributed by atoms with Gasteiger partial charge in [0.2, 0.25) is 0 Å². The third-order valence-electron chi connectivity index (χ3n) is 7.91. The third kappa shape index (κ3) is 11.1. The molecule has 3 nitrogen and oxygen atoms in total. The summed E-state index contributed by atoms with van der Waals surface area (Å²) in [6, 6.07) is 14.0. The molecule has 218 valence electrons. The topological polar surface area (TPSA) is 38.7 Å². The Labute approximate surface area is 245 Å². The number of hydrogen-bond acceptors (Lipinski definition) is 3. The van der Waals surface area contributed by atoms with Crippen LogP contribution in [0.1, 0.15) is 139 Å². The van der Waals surface area contributed by atoms with Gasteiger partial charge in [-0.1, -0.05) is 109 Å². The summed E-state index contributed by atoms with van der Waals surface area (Å²) in [5.41, 5.74) is 7.79. The molecule has 1 heterocycles. The number of nitrogens with zero attached hydrogens (tertiary/aromatic N) is 3. The SMILES string of the molecule is CCCCCCCCc1cc(C)cc(-c2nc(C)nc(-c3cc(CCCCCC)cc(CCCCCC)c3)n2)c1. The zero-order valence-electron chi connectivity index (χ0n) is 26.3. The van der Waals surface area contributed by atoms with E-state index in [0.29, 0.717) is 0 Å². The lowest BCUT2D eigenvalue weighted by Crippen LogP contribution is -2.02. The molecule has 40 heavy (non-hydrogen) atoms. The van der Waals surface area contributed by atoms with Crippen LogP contribution in [0.15, 0.2) is 36.4 Å². The van der Waals surface area contributed by atoms with E-state index in [1.165, 1.54) is 112 Å². The fraction of sp³-hybridized carbons (Fsp3) is 0.595. The third-order valence-corrected chi connectivity index (χ3v) is 7.91. The van der Waals surface area contributed by atoms with Crippen LogP contribution in [-0.2, 0) is 19.3 Å². The second-order valence-electron chi connectivity index (χ2n) is 11.9. The molecule has 0 bridgehead atoms. The van der Waals surface area contributed by atoms with Crippen molar-refractivity contribution in [3.63, 3.8) is 0 Å². The van der Waals surface area contributed by atoms with Crippen LogP contribution in [0.4, 0.5) is 0 Å². The first-order chi connectivity index (χ1) is 19.5. The molecule has 0 radical (unpaired) electrons. The van der Waals surface area contributed by atoms with Gasteiger partial charge in [0.05, 0.1) is 0 Å². The Morgan fingerprint density at radius 2 is 0.825 bits per heavy atom. The molecule has 0 unspecified atom stereocenters. The standard InChI is InChI=1S/C37H55N3/c1-6-9-12-15-16-19-20-31-23-29(4)24-34(26-31)36-38-30(5)39-37(40-36)35-27-32(21-17-13-10-7-2)25-33(28-35)22-18-14-11-8-3/h23-28H,6-22H2,1-5H3. The van der Waals surface area contributed by atoms with E-state index in [-0.39, 0.29) is 0 Å². The van der Waals surface area contributed by atoms with E-state index in [9.17, 15) is 0 Å². The van der Waals surface area contributed by atoms with Crippen LogP contribution in [0.2, 0.25) is 0 Å². The average molecular weight is 542 g/mol. The number of aromatic nitrogens is 3. The van der Waals surface area contributed by atoms with Crippen LogP contribution >= 0.6 is 0 Å². The van der Waals surface area contributed by atoms with Gasteiger partial charge in [0, 0.05) is 11.1 Å². The summed E-state index contributed by atoms with van der Waals surface area (Å²) in [7, 11) is 0. The first kappa shape index (κ1) is 32.0. The van der Waals surface area contributed by atoms with E-state index in [1.807, 2.05) is 6.92 Å². The molecular formula is C37H55N3. The minimum Gasteiger partial charge on any atom is -0.213 e. The first-order valence-corrected chi connectivity index (χ1v) is 16.5. The minimum absolute atomic E-state index is 0.789. The smallest absolute Gasteiger partial charge is 0.163 e. The van der Waals surface area contributed by atoms with Gasteiger partial charge in [-0.05, 0) is 93.3 Å². The Morgan fingerprint density at radius 3 is 1.32 bits per heavy atom. The molecule has 0 fully saturated rings. The molecule has 3 aromatic rings. The first-order valence-electron chi connectivity index (χ1n) is 16.5. The maximum Gasteiger partial charge on any atom is 0.163 e. The van der Waals surface area contributed by atoms with Crippen LogP contribution in [0, 0.1) is 13.8 Å². The molecule has 0 saturated carbocycles. The van der Waals surface area contributed by atoms with Gasteiger partial charge in [0.15, 0.2) is 11.6 Å². The van der Waals surface area contributed by atoms with Crippen molar-refractivity contribution >= 4 is 0 Å². The summed E-state index contributed by atoms with van der Waals surface area (Å²) in [5, 5.41) is 0. The highest BCUT2D eigenvalue weighted by molar-refractivity contribution is 5.63. The number of benzene rings is 2. The Morgan fingerprint density at radius 1 is 0.425 bits per heavy atom. The fourth-order valence-electron chi connectivity index (χ4n) is 5.68. The van der Waals surface area contributed by atoms with Gasteiger partial charge in [-0.2, -0.15) is 0 Å². The molecule has 0 aliphatic heterocycles. The molecule has 0 aliphatic carbocycles. The van der Waals surface area contributed by atoms with Gasteiger partial charge in [-0.15, -0.1) is 0 Å². The Bertz CT molecular complexity index is 1120. The lowest BCUT2D eigenvalue weighted by atomic mass is 9.97. The molecule has 0 aliphatic rings. The van der Waals surface area contributed by atoms with E-state index >= 15 is 0 Å². The van der Waals surface area contributed by atoms with Gasteiger partial charge in [-0.25, -0.2) is 15.0 Å². The molecule has 3 rings (SSSR count). The molecule has 0 spiro atoms. The van der Waals surface area contributed by atoms with Gasteiger partial charge in [0.1, 0.15) is 5.82 Å². The van der Waals surface area contributed by atoms with Crippen molar-refractivity contribution in [3.8, 4) is 22.8 Å². The Hall–Kier alpha value is -2.55. The predicted molar refractivity (Wildman–Crippen MR) is 173 cm³/mol. The highest BCUT2D eigenvalue weighted by atomic mass is 15.0. The molecule has 1 aromatic heterocycles. The lowest BCUT2D eigenvalue weighted by molar-refractivity contribution is 0.607. The van der Waals surface area contributed by atoms with Crippen molar-refractivity contribution in [2.75, 3.05) is 0 Å². The van der Waals surface area contributed by atoms with E-state index in [4.69, 9.17) is 15.0 Å². The molecule has 3 heteroatoms. The normalized spacial score (nSPS) is 11.3. The largest absolute Gasteiger partial charge is 0.213 e. The van der Waals surface area contributed by atoms with Crippen molar-refractivity contribution in [1.82, 2.24) is 15.0 Å². The highest BCUT2D eigenvalue weighted by Crippen LogP contribution is 2.26. The monoisotopic (exact) mass is 541 g/mol. The van der Waals surface area contributed by atoms with Crippen molar-refractivity contribution in [1.29, 1.82) is 0 Å². The minimum atomic E-state index is 0.789. The molecule has 2 aromatic carbocycles. The Kier molecular flexibility index (Phi) is 14.4. The van der Waals surface area contributed by atoms with E-state index in [0.717, 1.165) is 47.9 Å². The van der Waals surface area contributed by atoms with Crippen molar-refractivity contribution < 1.29 is 0 Å². The number of rotatable bonds is 19. The van der Waals surface area contributed by atoms with Crippen LogP contribution in [0.5, 0.6) is 0 Å². The van der Waals surface area contributed by atoms with Crippen LogP contribution in [-0.4, -0.2) is 15.0 Å². The number of unbranched alkanes of at least 4 members (excludes halogenated alkanes) is 11. The number of aryl methyl sites for hydroxylation is 5. The Balaban J connectivity index is 1.84. The van der Waals surface area contributed by atoms with Crippen molar-refractivity contribution in [3.05, 3.63) is 64.5 Å². The second kappa shape index (κ2) is 18.0. The summed E-state index contributed by atoms with van der Waals surface area (Å²) in [6.45, 7) is 11.0. The van der Waals surface area contributed by atoms with Crippen molar-refractivity contribution in [2.24, 2.45) is 0 Å². The zero-order chi connectivity index (χ0) is 28.6. The van der Waals surface area contributed by atoms with Gasteiger partial charge in [0.25, 0.3) is 0 Å². The fourth-order valence-corrected chi connectivity index (χ4v) is 5.68. The quantitative estimate of drug-likeness (QED) is 0.142. The number of hydrogen-bond donors (Lipinski definition) is 0. The summed E-state index contributed by atoms with van der Waals surface area (Å²) in [5.74, 6) is 2.40. The van der Waals surface area contributed by atoms with Crippen molar-refractivity contribution in [2.45, 2.75) is 144 Å². The summed E-state index contributed by atoms with van der Waals surface area (Å²) >= 11 is 0. The van der Waals surface area contributed by atoms with Gasteiger partial charge >= 0.3 is 0 Å². The van der Waals surface area contributed by atoms with Crippen LogP contribution in [0.25, 0.3) is 22.8 Å². The molecule has 0 atom stereocenters. The summed E-state index contributed by atoms with van der Waals surface area (Å²) < 4.78 is 0. The summed E-state index contributed by atoms with van der Waals surface area (Å²) in [6.07, 6.45) is 21.6. The highest BCUT2D eigenvalue weighted by Gasteiger charge is 2.12. The predicted octanol–water partition coefficient (Wildman–Crippen LogP) is 11.0. The maximum atomic E-state index is 5.07. The molecule has 0 saturated heterocycles. The molecule has 0 amide bonds. The van der Waals surface area contributed by atoms with E-state index in [2.05, 4.69) is 64.1 Å². The molecule has 0 N–H and O–H groups in total. The van der Waals surface area contributed by atoms with E-state index in [1.54, 1.807) is 0 Å². The summed E-state index contributed by atoms with van der Waals surface area (Å²) in [4.78, 5) is 14.7. The lowest BCUT2D eigenvalue weighted by Gasteiger charge is -2.12. The van der Waals surface area contributed by atoms with E-state index < -0.39 is 0 Å². The maximum absolute atomic E-state index is 5.07. The zero-order valence-corrected chi connectivity index (χ0v) is 26.3. The van der Waals surface area contributed by atoms with Crippen LogP contribution in [0.3, 0.4) is 0 Å². The van der Waals surface area contributed by atoms with Gasteiger partial charge < -0.3 is 0 Å².